The van der Waals surface area contributed by atoms with Crippen LogP contribution in [0.25, 0.3) is 55.7 Å². The molecule has 9 heteroatoms. The summed E-state index contributed by atoms with van der Waals surface area (Å²) in [5.41, 5.74) is 7.83. The lowest BCUT2D eigenvalue weighted by atomic mass is 10.1. The number of rotatable bonds is 5. The van der Waals surface area contributed by atoms with Gasteiger partial charge in [0.2, 0.25) is 5.91 Å². The highest BCUT2D eigenvalue weighted by atomic mass is 32.1. The fourth-order valence-corrected chi connectivity index (χ4v) is 4.70. The Morgan fingerprint density at radius 2 is 1.89 bits per heavy atom. The normalized spacial score (nSPS) is 11.5. The third kappa shape index (κ3) is 3.85. The van der Waals surface area contributed by atoms with E-state index >= 15 is 0 Å². The van der Waals surface area contributed by atoms with Gasteiger partial charge in [-0.1, -0.05) is 13.8 Å². The molecule has 1 amide bonds. The number of carbonyl (C=O) groups is 1. The zero-order valence-electron chi connectivity index (χ0n) is 19.0. The van der Waals surface area contributed by atoms with Crippen molar-refractivity contribution in [1.82, 2.24) is 30.1 Å². The van der Waals surface area contributed by atoms with E-state index in [1.807, 2.05) is 38.2 Å². The SMILES string of the molecule is CC(C)C(=O)Nc1cncc(-c2cnc3n[nH]c(-c4cc5c(-c6ccsc6)ccnc5[nH]4)c3c2)c1. The van der Waals surface area contributed by atoms with E-state index in [9.17, 15) is 4.79 Å². The number of hydrogen-bond acceptors (Lipinski definition) is 6. The van der Waals surface area contributed by atoms with Gasteiger partial charge >= 0.3 is 0 Å². The number of anilines is 1. The smallest absolute Gasteiger partial charge is 0.226 e. The number of thiophene rings is 1. The second-order valence-corrected chi connectivity index (χ2v) is 9.40. The molecule has 0 aliphatic heterocycles. The first-order valence-corrected chi connectivity index (χ1v) is 12.1. The van der Waals surface area contributed by atoms with Crippen LogP contribution in [0.3, 0.4) is 0 Å². The molecule has 6 aromatic heterocycles. The number of carbonyl (C=O) groups excluding carboxylic acids is 1. The fraction of sp³-hybridized carbons (Fsp3) is 0.115. The maximum Gasteiger partial charge on any atom is 0.226 e. The summed E-state index contributed by atoms with van der Waals surface area (Å²) in [6.07, 6.45) is 6.98. The molecule has 0 fully saturated rings. The number of aromatic nitrogens is 6. The first kappa shape index (κ1) is 21.2. The predicted molar refractivity (Wildman–Crippen MR) is 139 cm³/mol. The van der Waals surface area contributed by atoms with Gasteiger partial charge in [-0.15, -0.1) is 0 Å². The van der Waals surface area contributed by atoms with E-state index < -0.39 is 0 Å². The van der Waals surface area contributed by atoms with Gasteiger partial charge in [-0.25, -0.2) is 9.97 Å². The van der Waals surface area contributed by atoms with Crippen LogP contribution in [-0.4, -0.2) is 36.0 Å². The van der Waals surface area contributed by atoms with E-state index in [0.29, 0.717) is 11.3 Å². The molecule has 3 N–H and O–H groups in total. The van der Waals surface area contributed by atoms with Crippen molar-refractivity contribution < 1.29 is 4.79 Å². The lowest BCUT2D eigenvalue weighted by molar-refractivity contribution is -0.118. The summed E-state index contributed by atoms with van der Waals surface area (Å²) in [5.74, 6) is -0.167. The molecule has 0 aliphatic carbocycles. The Hall–Kier alpha value is -4.37. The number of fused-ring (bicyclic) bond motifs is 2. The van der Waals surface area contributed by atoms with Crippen molar-refractivity contribution in [2.75, 3.05) is 5.32 Å². The van der Waals surface area contributed by atoms with Crippen molar-refractivity contribution in [3.05, 3.63) is 65.9 Å². The monoisotopic (exact) mass is 479 g/mol. The zero-order valence-corrected chi connectivity index (χ0v) is 19.9. The maximum absolute atomic E-state index is 12.1. The molecule has 6 aromatic rings. The van der Waals surface area contributed by atoms with Crippen molar-refractivity contribution in [2.45, 2.75) is 13.8 Å². The van der Waals surface area contributed by atoms with Crippen LogP contribution >= 0.6 is 11.3 Å². The van der Waals surface area contributed by atoms with Crippen molar-refractivity contribution in [3.63, 3.8) is 0 Å². The van der Waals surface area contributed by atoms with Crippen molar-refractivity contribution in [1.29, 1.82) is 0 Å². The fourth-order valence-electron chi connectivity index (χ4n) is 4.05. The largest absolute Gasteiger partial charge is 0.338 e. The van der Waals surface area contributed by atoms with Crippen molar-refractivity contribution in [2.24, 2.45) is 5.92 Å². The van der Waals surface area contributed by atoms with Gasteiger partial charge in [0.25, 0.3) is 0 Å². The summed E-state index contributed by atoms with van der Waals surface area (Å²) < 4.78 is 0. The lowest BCUT2D eigenvalue weighted by Gasteiger charge is -2.09. The molecular formula is C26H21N7OS. The van der Waals surface area contributed by atoms with Crippen LogP contribution in [0.1, 0.15) is 13.8 Å². The number of hydrogen-bond donors (Lipinski definition) is 3. The second-order valence-electron chi connectivity index (χ2n) is 8.62. The molecule has 0 unspecified atom stereocenters. The summed E-state index contributed by atoms with van der Waals surface area (Å²) in [5, 5.41) is 16.6. The van der Waals surface area contributed by atoms with Gasteiger partial charge in [0.05, 0.1) is 23.3 Å². The second kappa shape index (κ2) is 8.44. The molecule has 6 heterocycles. The minimum atomic E-state index is -0.115. The molecule has 8 nitrogen and oxygen atoms in total. The van der Waals surface area contributed by atoms with Gasteiger partial charge in [-0.05, 0) is 52.2 Å². The van der Waals surface area contributed by atoms with E-state index in [4.69, 9.17) is 0 Å². The Morgan fingerprint density at radius 1 is 1.00 bits per heavy atom. The maximum atomic E-state index is 12.1. The summed E-state index contributed by atoms with van der Waals surface area (Å²) in [6.45, 7) is 3.71. The molecule has 35 heavy (non-hydrogen) atoms. The molecule has 0 saturated heterocycles. The Bertz CT molecular complexity index is 1680. The standard InChI is InChI=1S/C26H21N7OS/c1-14(2)26(34)30-18-7-16(10-27-12-18)17-8-21-23(32-33-25(21)29-11-17)22-9-20-19(15-4-6-35-13-15)3-5-28-24(20)31-22/h3-14H,1-2H3,(H,28,31)(H,30,34)(H,29,32,33). The molecule has 0 aromatic carbocycles. The lowest BCUT2D eigenvalue weighted by Crippen LogP contribution is -2.17. The third-order valence-electron chi connectivity index (χ3n) is 5.91. The predicted octanol–water partition coefficient (Wildman–Crippen LogP) is 5.89. The van der Waals surface area contributed by atoms with Gasteiger partial charge in [-0.3, -0.25) is 14.9 Å². The molecular weight excluding hydrogens is 458 g/mol. The molecule has 0 aliphatic rings. The Balaban J connectivity index is 1.41. The Labute approximate surface area is 204 Å². The number of H-pyrrole nitrogens is 2. The van der Waals surface area contributed by atoms with Crippen molar-refractivity contribution in [3.8, 4) is 33.6 Å². The summed E-state index contributed by atoms with van der Waals surface area (Å²) in [4.78, 5) is 28.9. The average molecular weight is 480 g/mol. The molecule has 0 atom stereocenters. The summed E-state index contributed by atoms with van der Waals surface area (Å²) >= 11 is 1.67. The highest BCUT2D eigenvalue weighted by Gasteiger charge is 2.16. The zero-order chi connectivity index (χ0) is 23.9. The average Bonchev–Trinajstić information content (AvgIpc) is 3.62. The molecule has 0 bridgehead atoms. The van der Waals surface area contributed by atoms with Crippen LogP contribution in [-0.2, 0) is 4.79 Å². The summed E-state index contributed by atoms with van der Waals surface area (Å²) in [6, 6.07) is 10.2. The Kier molecular flexibility index (Phi) is 5.11. The van der Waals surface area contributed by atoms with Crippen LogP contribution in [0.15, 0.2) is 65.9 Å². The van der Waals surface area contributed by atoms with Gasteiger partial charge in [0.15, 0.2) is 5.65 Å². The minimum Gasteiger partial charge on any atom is -0.338 e. The van der Waals surface area contributed by atoms with Gasteiger partial charge in [0.1, 0.15) is 5.65 Å². The third-order valence-corrected chi connectivity index (χ3v) is 6.59. The quantitative estimate of drug-likeness (QED) is 0.286. The number of nitrogens with zero attached hydrogens (tertiary/aromatic N) is 4. The van der Waals surface area contributed by atoms with E-state index in [2.05, 4.69) is 58.3 Å². The summed E-state index contributed by atoms with van der Waals surface area (Å²) in [7, 11) is 0. The number of pyridine rings is 3. The molecule has 0 saturated carbocycles. The highest BCUT2D eigenvalue weighted by Crippen LogP contribution is 2.34. The first-order valence-electron chi connectivity index (χ1n) is 11.2. The molecule has 0 radical (unpaired) electrons. The first-order chi connectivity index (χ1) is 17.1. The van der Waals surface area contributed by atoms with E-state index in [-0.39, 0.29) is 11.8 Å². The van der Waals surface area contributed by atoms with Gasteiger partial charge in [-0.2, -0.15) is 16.4 Å². The number of aromatic amines is 2. The highest BCUT2D eigenvalue weighted by molar-refractivity contribution is 7.08. The van der Waals surface area contributed by atoms with Crippen LogP contribution in [0.4, 0.5) is 5.69 Å². The molecule has 0 spiro atoms. The number of nitrogens with one attached hydrogen (secondary N) is 3. The van der Waals surface area contributed by atoms with E-state index in [1.165, 1.54) is 5.56 Å². The Morgan fingerprint density at radius 3 is 2.71 bits per heavy atom. The molecule has 6 rings (SSSR count). The van der Waals surface area contributed by atoms with Crippen LogP contribution in [0.5, 0.6) is 0 Å². The van der Waals surface area contributed by atoms with Crippen LogP contribution in [0.2, 0.25) is 0 Å². The van der Waals surface area contributed by atoms with E-state index in [0.717, 1.165) is 44.5 Å². The van der Waals surface area contributed by atoms with Gasteiger partial charge < -0.3 is 10.3 Å². The minimum absolute atomic E-state index is 0.0520. The van der Waals surface area contributed by atoms with Crippen LogP contribution < -0.4 is 5.32 Å². The molecule has 172 valence electrons. The van der Waals surface area contributed by atoms with Crippen molar-refractivity contribution >= 4 is 45.0 Å². The van der Waals surface area contributed by atoms with Crippen LogP contribution in [0, 0.1) is 5.92 Å². The van der Waals surface area contributed by atoms with Gasteiger partial charge in [0, 0.05) is 46.4 Å². The number of amides is 1. The topological polar surface area (TPSA) is 112 Å². The van der Waals surface area contributed by atoms with E-state index in [1.54, 1.807) is 29.9 Å².